The molecule has 0 unspecified atom stereocenters. The van der Waals surface area contributed by atoms with Gasteiger partial charge in [-0.05, 0) is 31.0 Å². The van der Waals surface area contributed by atoms with Crippen molar-refractivity contribution in [1.82, 2.24) is 4.98 Å². The summed E-state index contributed by atoms with van der Waals surface area (Å²) in [6.07, 6.45) is 2.49. The van der Waals surface area contributed by atoms with E-state index in [2.05, 4.69) is 21.8 Å². The molecule has 0 saturated heterocycles. The molecule has 1 aromatic carbocycles. The number of nitrogens with zero attached hydrogens (tertiary/aromatic N) is 2. The Labute approximate surface area is 114 Å². The summed E-state index contributed by atoms with van der Waals surface area (Å²) >= 11 is 7.43. The van der Waals surface area contributed by atoms with Gasteiger partial charge in [-0.2, -0.15) is 5.26 Å². The Balaban J connectivity index is 1.84. The number of halogens is 1. The van der Waals surface area contributed by atoms with Crippen LogP contribution < -0.4 is 5.32 Å². The first kappa shape index (κ1) is 11.5. The lowest BCUT2D eigenvalue weighted by atomic mass is 10.2. The van der Waals surface area contributed by atoms with E-state index in [9.17, 15) is 0 Å². The van der Waals surface area contributed by atoms with Gasteiger partial charge in [-0.3, -0.25) is 0 Å². The predicted octanol–water partition coefficient (Wildman–Crippen LogP) is 4.29. The molecule has 2 aromatic rings. The quantitative estimate of drug-likeness (QED) is 0.909. The van der Waals surface area contributed by atoms with Crippen LogP contribution in [0.1, 0.15) is 30.0 Å². The molecule has 1 fully saturated rings. The number of thiazole rings is 1. The summed E-state index contributed by atoms with van der Waals surface area (Å²) in [7, 11) is 0. The van der Waals surface area contributed by atoms with E-state index in [1.807, 2.05) is 0 Å². The standard InChI is InChI=1S/C13H10ClN3S/c14-10-3-4-11(9(5-10)6-15)16-13-17-12(7-18-13)8-1-2-8/h3-5,7-8H,1-2H2,(H,16,17). The van der Waals surface area contributed by atoms with Crippen molar-refractivity contribution < 1.29 is 0 Å². The molecule has 1 aliphatic rings. The summed E-state index contributed by atoms with van der Waals surface area (Å²) in [6, 6.07) is 7.35. The molecule has 0 aliphatic heterocycles. The second-order valence-corrected chi connectivity index (χ2v) is 5.57. The van der Waals surface area contributed by atoms with Crippen molar-refractivity contribution >= 4 is 33.8 Å². The lowest BCUT2D eigenvalue weighted by Gasteiger charge is -2.04. The molecule has 18 heavy (non-hydrogen) atoms. The van der Waals surface area contributed by atoms with Crippen LogP contribution in [0.3, 0.4) is 0 Å². The zero-order valence-corrected chi connectivity index (χ0v) is 11.1. The molecule has 1 aliphatic carbocycles. The minimum absolute atomic E-state index is 0.533. The van der Waals surface area contributed by atoms with Gasteiger partial charge in [-0.15, -0.1) is 11.3 Å². The van der Waals surface area contributed by atoms with E-state index >= 15 is 0 Å². The average Bonchev–Trinajstić information content (AvgIpc) is 3.12. The number of nitrogens with one attached hydrogen (secondary N) is 1. The van der Waals surface area contributed by atoms with E-state index in [1.54, 1.807) is 29.5 Å². The molecule has 0 amide bonds. The van der Waals surface area contributed by atoms with Gasteiger partial charge >= 0.3 is 0 Å². The number of hydrogen-bond acceptors (Lipinski definition) is 4. The molecule has 0 spiro atoms. The van der Waals surface area contributed by atoms with Gasteiger partial charge in [0.1, 0.15) is 6.07 Å². The van der Waals surface area contributed by atoms with Gasteiger partial charge in [0.25, 0.3) is 0 Å². The number of anilines is 2. The van der Waals surface area contributed by atoms with Crippen LogP contribution in [-0.2, 0) is 0 Å². The minimum Gasteiger partial charge on any atom is -0.330 e. The Morgan fingerprint density at radius 3 is 3.00 bits per heavy atom. The lowest BCUT2D eigenvalue weighted by molar-refractivity contribution is 1.05. The zero-order chi connectivity index (χ0) is 12.5. The van der Waals surface area contributed by atoms with E-state index in [0.29, 0.717) is 16.5 Å². The van der Waals surface area contributed by atoms with E-state index in [0.717, 1.165) is 16.5 Å². The van der Waals surface area contributed by atoms with Crippen LogP contribution in [0.25, 0.3) is 0 Å². The normalized spacial score (nSPS) is 14.2. The molecular formula is C13H10ClN3S. The van der Waals surface area contributed by atoms with Crippen molar-refractivity contribution in [2.45, 2.75) is 18.8 Å². The van der Waals surface area contributed by atoms with Gasteiger partial charge in [0, 0.05) is 16.3 Å². The summed E-state index contributed by atoms with van der Waals surface area (Å²) < 4.78 is 0. The molecule has 1 N–H and O–H groups in total. The Kier molecular flexibility index (Phi) is 2.94. The van der Waals surface area contributed by atoms with Crippen LogP contribution in [0.2, 0.25) is 5.02 Å². The molecule has 0 bridgehead atoms. The molecule has 3 rings (SSSR count). The van der Waals surface area contributed by atoms with Crippen LogP contribution >= 0.6 is 22.9 Å². The van der Waals surface area contributed by atoms with E-state index in [-0.39, 0.29) is 0 Å². The average molecular weight is 276 g/mol. The van der Waals surface area contributed by atoms with Crippen molar-refractivity contribution in [3.63, 3.8) is 0 Å². The van der Waals surface area contributed by atoms with Gasteiger partial charge in [0.05, 0.1) is 16.9 Å². The third kappa shape index (κ3) is 2.33. The molecule has 0 atom stereocenters. The first-order valence-electron chi connectivity index (χ1n) is 5.68. The topological polar surface area (TPSA) is 48.7 Å². The fourth-order valence-corrected chi connectivity index (χ4v) is 2.72. The molecular weight excluding hydrogens is 266 g/mol. The van der Waals surface area contributed by atoms with E-state index in [1.165, 1.54) is 12.8 Å². The maximum absolute atomic E-state index is 9.06. The van der Waals surface area contributed by atoms with Gasteiger partial charge in [0.2, 0.25) is 0 Å². The fraction of sp³-hybridized carbons (Fsp3) is 0.231. The van der Waals surface area contributed by atoms with Crippen molar-refractivity contribution in [2.75, 3.05) is 5.32 Å². The number of rotatable bonds is 3. The van der Waals surface area contributed by atoms with Crippen LogP contribution in [0.15, 0.2) is 23.6 Å². The van der Waals surface area contributed by atoms with Crippen LogP contribution in [-0.4, -0.2) is 4.98 Å². The molecule has 1 saturated carbocycles. The third-order valence-electron chi connectivity index (χ3n) is 2.86. The predicted molar refractivity (Wildman–Crippen MR) is 73.5 cm³/mol. The molecule has 90 valence electrons. The maximum Gasteiger partial charge on any atom is 0.187 e. The van der Waals surface area contributed by atoms with Crippen LogP contribution in [0, 0.1) is 11.3 Å². The fourth-order valence-electron chi connectivity index (χ4n) is 1.74. The van der Waals surface area contributed by atoms with Gasteiger partial charge in [-0.25, -0.2) is 4.98 Å². The van der Waals surface area contributed by atoms with Gasteiger partial charge in [-0.1, -0.05) is 11.6 Å². The highest BCUT2D eigenvalue weighted by Gasteiger charge is 2.26. The van der Waals surface area contributed by atoms with Crippen molar-refractivity contribution in [3.8, 4) is 6.07 Å². The molecule has 1 heterocycles. The summed E-state index contributed by atoms with van der Waals surface area (Å²) in [5.74, 6) is 0.650. The molecule has 0 radical (unpaired) electrons. The largest absolute Gasteiger partial charge is 0.330 e. The highest BCUT2D eigenvalue weighted by atomic mass is 35.5. The SMILES string of the molecule is N#Cc1cc(Cl)ccc1Nc1nc(C2CC2)cs1. The van der Waals surface area contributed by atoms with E-state index in [4.69, 9.17) is 16.9 Å². The number of benzene rings is 1. The summed E-state index contributed by atoms with van der Waals surface area (Å²) in [5, 5.41) is 15.7. The Morgan fingerprint density at radius 1 is 1.44 bits per heavy atom. The number of nitriles is 1. The summed E-state index contributed by atoms with van der Waals surface area (Å²) in [5.41, 5.74) is 2.44. The Hall–Kier alpha value is -1.57. The monoisotopic (exact) mass is 275 g/mol. The molecule has 1 aromatic heterocycles. The maximum atomic E-state index is 9.06. The number of hydrogen-bond donors (Lipinski definition) is 1. The third-order valence-corrected chi connectivity index (χ3v) is 3.87. The second kappa shape index (κ2) is 4.60. The van der Waals surface area contributed by atoms with Gasteiger partial charge < -0.3 is 5.32 Å². The minimum atomic E-state index is 0.533. The smallest absolute Gasteiger partial charge is 0.187 e. The summed E-state index contributed by atoms with van der Waals surface area (Å²) in [6.45, 7) is 0. The van der Waals surface area contributed by atoms with Crippen LogP contribution in [0.4, 0.5) is 10.8 Å². The highest BCUT2D eigenvalue weighted by Crippen LogP contribution is 2.41. The van der Waals surface area contributed by atoms with Gasteiger partial charge in [0.15, 0.2) is 5.13 Å². The van der Waals surface area contributed by atoms with E-state index < -0.39 is 0 Å². The Bertz CT molecular complexity index is 625. The summed E-state index contributed by atoms with van der Waals surface area (Å²) in [4.78, 5) is 4.53. The Morgan fingerprint density at radius 2 is 2.28 bits per heavy atom. The van der Waals surface area contributed by atoms with Crippen molar-refractivity contribution in [2.24, 2.45) is 0 Å². The molecule has 5 heteroatoms. The molecule has 3 nitrogen and oxygen atoms in total. The second-order valence-electron chi connectivity index (χ2n) is 4.28. The first-order valence-corrected chi connectivity index (χ1v) is 6.94. The first-order chi connectivity index (χ1) is 8.76. The van der Waals surface area contributed by atoms with Crippen molar-refractivity contribution in [1.29, 1.82) is 5.26 Å². The van der Waals surface area contributed by atoms with Crippen molar-refractivity contribution in [3.05, 3.63) is 39.9 Å². The zero-order valence-electron chi connectivity index (χ0n) is 9.48. The highest BCUT2D eigenvalue weighted by molar-refractivity contribution is 7.13. The lowest BCUT2D eigenvalue weighted by Crippen LogP contribution is -1.93. The number of aromatic nitrogens is 1. The van der Waals surface area contributed by atoms with Crippen LogP contribution in [0.5, 0.6) is 0 Å².